The molecule has 3 aromatic rings. The van der Waals surface area contributed by atoms with Gasteiger partial charge >= 0.3 is 0 Å². The minimum Gasteiger partial charge on any atom is -0.382 e. The largest absolute Gasteiger partial charge is 0.382 e. The van der Waals surface area contributed by atoms with E-state index in [1.54, 1.807) is 11.0 Å². The predicted molar refractivity (Wildman–Crippen MR) is 76.5 cm³/mol. The summed E-state index contributed by atoms with van der Waals surface area (Å²) in [5, 5.41) is 13.1. The van der Waals surface area contributed by atoms with Gasteiger partial charge in [-0.05, 0) is 17.7 Å². The number of nitrogens with two attached hydrogens (primary N) is 1. The van der Waals surface area contributed by atoms with Gasteiger partial charge in [0, 0.05) is 11.8 Å². The number of nitrogens with zero attached hydrogens (tertiary/aromatic N) is 4. The van der Waals surface area contributed by atoms with Crippen molar-refractivity contribution >= 4 is 17.4 Å². The Hall–Kier alpha value is -3.16. The van der Waals surface area contributed by atoms with Crippen LogP contribution in [-0.2, 0) is 6.54 Å². The summed E-state index contributed by atoms with van der Waals surface area (Å²) in [7, 11) is 0. The number of H-pyrrole nitrogens is 1. The summed E-state index contributed by atoms with van der Waals surface area (Å²) in [6.45, 7) is 0.584. The van der Waals surface area contributed by atoms with Crippen molar-refractivity contribution in [1.29, 1.82) is 0 Å². The average molecular weight is 283 g/mol. The molecule has 3 rings (SSSR count). The first-order valence-corrected chi connectivity index (χ1v) is 6.24. The highest BCUT2D eigenvalue weighted by atomic mass is 16.1. The van der Waals surface area contributed by atoms with Crippen molar-refractivity contribution in [3.63, 3.8) is 0 Å². The third-order valence-electron chi connectivity index (χ3n) is 2.84. The van der Waals surface area contributed by atoms with Crippen molar-refractivity contribution in [2.75, 3.05) is 11.1 Å². The van der Waals surface area contributed by atoms with Crippen LogP contribution in [0, 0.1) is 0 Å². The zero-order valence-electron chi connectivity index (χ0n) is 11.0. The van der Waals surface area contributed by atoms with Crippen molar-refractivity contribution in [3.8, 4) is 0 Å². The van der Waals surface area contributed by atoms with Crippen LogP contribution in [-0.4, -0.2) is 30.9 Å². The summed E-state index contributed by atoms with van der Waals surface area (Å²) >= 11 is 0. The van der Waals surface area contributed by atoms with Crippen LogP contribution in [0.15, 0.2) is 43.0 Å². The Labute approximate surface area is 120 Å². The van der Waals surface area contributed by atoms with Gasteiger partial charge in [-0.2, -0.15) is 10.2 Å². The molecule has 4 N–H and O–H groups in total. The number of aromatic amines is 1. The first kappa shape index (κ1) is 12.9. The normalized spacial score (nSPS) is 10.5. The lowest BCUT2D eigenvalue weighted by atomic mass is 10.2. The minimum absolute atomic E-state index is 0.278. The zero-order chi connectivity index (χ0) is 14.7. The molecule has 0 aliphatic heterocycles. The van der Waals surface area contributed by atoms with E-state index in [-0.39, 0.29) is 11.7 Å². The maximum atomic E-state index is 12.0. The fraction of sp³-hybridized carbons (Fsp3) is 0.0769. The highest BCUT2D eigenvalue weighted by molar-refractivity contribution is 6.03. The van der Waals surface area contributed by atoms with Gasteiger partial charge in [-0.3, -0.25) is 9.89 Å². The van der Waals surface area contributed by atoms with Crippen LogP contribution < -0.4 is 11.1 Å². The summed E-state index contributed by atoms with van der Waals surface area (Å²) in [4.78, 5) is 15.9. The zero-order valence-corrected chi connectivity index (χ0v) is 11.0. The van der Waals surface area contributed by atoms with Gasteiger partial charge in [-0.25, -0.2) is 9.67 Å². The molecule has 1 amide bonds. The summed E-state index contributed by atoms with van der Waals surface area (Å²) < 4.78 is 1.70. The Kier molecular flexibility index (Phi) is 3.34. The second-order valence-corrected chi connectivity index (χ2v) is 4.45. The van der Waals surface area contributed by atoms with Crippen molar-refractivity contribution in [1.82, 2.24) is 25.0 Å². The molecular formula is C13H13N7O. The quantitative estimate of drug-likeness (QED) is 0.657. The fourth-order valence-corrected chi connectivity index (χ4v) is 1.90. The molecule has 106 valence electrons. The lowest BCUT2D eigenvalue weighted by Gasteiger charge is -2.06. The van der Waals surface area contributed by atoms with E-state index < -0.39 is 0 Å². The van der Waals surface area contributed by atoms with E-state index in [1.807, 2.05) is 24.3 Å². The molecule has 0 radical (unpaired) electrons. The summed E-state index contributed by atoms with van der Waals surface area (Å²) in [5.41, 5.74) is 7.47. The lowest BCUT2D eigenvalue weighted by Crippen LogP contribution is -2.12. The lowest BCUT2D eigenvalue weighted by molar-refractivity contribution is 0.102. The Bertz CT molecular complexity index is 747. The maximum Gasteiger partial charge on any atom is 0.273 e. The molecule has 0 unspecified atom stereocenters. The second kappa shape index (κ2) is 5.45. The fourth-order valence-electron chi connectivity index (χ4n) is 1.90. The molecule has 1 aromatic carbocycles. The SMILES string of the molecule is Nc1cc(C(=O)Nc2cccc(Cn3cncn3)c2)[nH]n1. The first-order valence-electron chi connectivity index (χ1n) is 6.24. The van der Waals surface area contributed by atoms with Crippen LogP contribution in [0.5, 0.6) is 0 Å². The van der Waals surface area contributed by atoms with Gasteiger partial charge in [0.05, 0.1) is 6.54 Å². The molecule has 0 saturated heterocycles. The summed E-state index contributed by atoms with van der Waals surface area (Å²) in [6, 6.07) is 8.98. The molecule has 0 aliphatic carbocycles. The summed E-state index contributed by atoms with van der Waals surface area (Å²) in [6.07, 6.45) is 3.12. The second-order valence-electron chi connectivity index (χ2n) is 4.45. The molecule has 0 atom stereocenters. The molecule has 0 bridgehead atoms. The molecule has 0 fully saturated rings. The Morgan fingerprint density at radius 3 is 3.00 bits per heavy atom. The van der Waals surface area contributed by atoms with E-state index >= 15 is 0 Å². The number of hydrogen-bond donors (Lipinski definition) is 3. The van der Waals surface area contributed by atoms with Gasteiger partial charge in [0.2, 0.25) is 0 Å². The smallest absolute Gasteiger partial charge is 0.273 e. The van der Waals surface area contributed by atoms with Crippen LogP contribution >= 0.6 is 0 Å². The third kappa shape index (κ3) is 3.06. The molecule has 0 spiro atoms. The molecular weight excluding hydrogens is 270 g/mol. The van der Waals surface area contributed by atoms with Crippen LogP contribution in [0.1, 0.15) is 16.1 Å². The molecule has 21 heavy (non-hydrogen) atoms. The van der Waals surface area contributed by atoms with E-state index in [2.05, 4.69) is 25.6 Å². The Morgan fingerprint density at radius 2 is 2.29 bits per heavy atom. The van der Waals surface area contributed by atoms with E-state index in [0.717, 1.165) is 5.56 Å². The van der Waals surface area contributed by atoms with Gasteiger partial charge in [-0.15, -0.1) is 0 Å². The number of carbonyl (C=O) groups excluding carboxylic acids is 1. The highest BCUT2D eigenvalue weighted by Gasteiger charge is 2.09. The van der Waals surface area contributed by atoms with Crippen molar-refractivity contribution in [3.05, 3.63) is 54.2 Å². The number of benzene rings is 1. The number of rotatable bonds is 4. The third-order valence-corrected chi connectivity index (χ3v) is 2.84. The number of aromatic nitrogens is 5. The van der Waals surface area contributed by atoms with Crippen LogP contribution in [0.4, 0.5) is 11.5 Å². The van der Waals surface area contributed by atoms with Crippen molar-refractivity contribution in [2.45, 2.75) is 6.54 Å². The molecule has 0 saturated carbocycles. The first-order chi connectivity index (χ1) is 10.2. The number of amides is 1. The topological polar surface area (TPSA) is 115 Å². The average Bonchev–Trinajstić information content (AvgIpc) is 3.11. The molecule has 8 heteroatoms. The van der Waals surface area contributed by atoms with Crippen molar-refractivity contribution < 1.29 is 4.79 Å². The van der Waals surface area contributed by atoms with Crippen molar-refractivity contribution in [2.24, 2.45) is 0 Å². The number of nitrogens with one attached hydrogen (secondary N) is 2. The standard InChI is InChI=1S/C13H13N7O/c14-12-5-11(18-19-12)13(21)17-10-3-1-2-9(4-10)6-20-8-15-7-16-20/h1-5,7-8H,6H2,(H,17,21)(H3,14,18,19). The summed E-state index contributed by atoms with van der Waals surface area (Å²) in [5.74, 6) is -0.0165. The van der Waals surface area contributed by atoms with E-state index in [9.17, 15) is 4.79 Å². The van der Waals surface area contributed by atoms with Gasteiger partial charge in [0.15, 0.2) is 0 Å². The van der Waals surface area contributed by atoms with E-state index in [1.165, 1.54) is 12.4 Å². The molecule has 2 heterocycles. The van der Waals surface area contributed by atoms with E-state index in [4.69, 9.17) is 5.73 Å². The van der Waals surface area contributed by atoms with Gasteiger partial charge in [0.25, 0.3) is 5.91 Å². The van der Waals surface area contributed by atoms with Gasteiger partial charge < -0.3 is 11.1 Å². The van der Waals surface area contributed by atoms with Crippen LogP contribution in [0.25, 0.3) is 0 Å². The molecule has 8 nitrogen and oxygen atoms in total. The predicted octanol–water partition coefficient (Wildman–Crippen LogP) is 0.884. The van der Waals surface area contributed by atoms with E-state index in [0.29, 0.717) is 17.9 Å². The Morgan fingerprint density at radius 1 is 1.38 bits per heavy atom. The van der Waals surface area contributed by atoms with Gasteiger partial charge in [0.1, 0.15) is 24.2 Å². The van der Waals surface area contributed by atoms with Crippen LogP contribution in [0.2, 0.25) is 0 Å². The number of hydrogen-bond acceptors (Lipinski definition) is 5. The van der Waals surface area contributed by atoms with Gasteiger partial charge in [-0.1, -0.05) is 12.1 Å². The highest BCUT2D eigenvalue weighted by Crippen LogP contribution is 2.13. The number of carbonyl (C=O) groups is 1. The minimum atomic E-state index is -0.294. The molecule has 2 aromatic heterocycles. The molecule has 0 aliphatic rings. The monoisotopic (exact) mass is 283 g/mol. The number of nitrogen functional groups attached to an aromatic ring is 1. The van der Waals surface area contributed by atoms with Crippen LogP contribution in [0.3, 0.4) is 0 Å². The number of anilines is 2. The Balaban J connectivity index is 1.72. The maximum absolute atomic E-state index is 12.0.